The number of nitrogen functional groups attached to an aromatic ring is 1. The number of rotatable bonds is 5. The van der Waals surface area contributed by atoms with Gasteiger partial charge in [0.25, 0.3) is 0 Å². The minimum Gasteiger partial charge on any atom is -0.444 e. The van der Waals surface area contributed by atoms with Crippen LogP contribution in [0.15, 0.2) is 0 Å². The zero-order valence-electron chi connectivity index (χ0n) is 18.7. The topological polar surface area (TPSA) is 96.6 Å². The summed E-state index contributed by atoms with van der Waals surface area (Å²) in [4.78, 5) is 24.7. The summed E-state index contributed by atoms with van der Waals surface area (Å²) < 4.78 is 5.36. The first-order chi connectivity index (χ1) is 14.6. The molecule has 3 N–H and O–H groups in total. The van der Waals surface area contributed by atoms with E-state index in [-0.39, 0.29) is 23.2 Å². The molecule has 2 aliphatic rings. The van der Waals surface area contributed by atoms with E-state index in [4.69, 9.17) is 33.7 Å². The van der Waals surface area contributed by atoms with Gasteiger partial charge in [0.1, 0.15) is 10.6 Å². The van der Waals surface area contributed by atoms with Crippen LogP contribution >= 0.6 is 23.2 Å². The number of nitrogens with zero attached hydrogens (tertiary/aromatic N) is 4. The third kappa shape index (κ3) is 7.26. The molecule has 0 atom stereocenters. The fourth-order valence-electron chi connectivity index (χ4n) is 4.25. The van der Waals surface area contributed by atoms with Crippen molar-refractivity contribution in [2.24, 2.45) is 5.92 Å². The lowest BCUT2D eigenvalue weighted by Crippen LogP contribution is -2.47. The first-order valence-corrected chi connectivity index (χ1v) is 11.8. The molecule has 8 nitrogen and oxygen atoms in total. The molecule has 2 fully saturated rings. The summed E-state index contributed by atoms with van der Waals surface area (Å²) in [5.41, 5.74) is 5.27. The molecule has 3 rings (SSSR count). The zero-order valence-corrected chi connectivity index (χ0v) is 20.2. The van der Waals surface area contributed by atoms with Crippen LogP contribution in [0, 0.1) is 5.92 Å². The summed E-state index contributed by atoms with van der Waals surface area (Å²) >= 11 is 12.3. The lowest BCUT2D eigenvalue weighted by molar-refractivity contribution is 0.0486. The zero-order chi connectivity index (χ0) is 22.6. The van der Waals surface area contributed by atoms with Crippen molar-refractivity contribution >= 4 is 41.1 Å². The number of hydrogen-bond donors (Lipinski definition) is 2. The second-order valence-electron chi connectivity index (χ2n) is 9.49. The van der Waals surface area contributed by atoms with Gasteiger partial charge in [-0.05, 0) is 65.3 Å². The van der Waals surface area contributed by atoms with Crippen molar-refractivity contribution in [3.8, 4) is 0 Å². The Morgan fingerprint density at radius 1 is 1.13 bits per heavy atom. The van der Waals surface area contributed by atoms with Crippen LogP contribution in [0.5, 0.6) is 0 Å². The monoisotopic (exact) mass is 472 g/mol. The molecule has 1 aromatic rings. The Kier molecular flexibility index (Phi) is 8.10. The molecule has 1 saturated carbocycles. The van der Waals surface area contributed by atoms with Crippen molar-refractivity contribution in [2.75, 3.05) is 43.4 Å². The Balaban J connectivity index is 1.36. The number of carbonyl (C=O) groups is 1. The second kappa shape index (κ2) is 10.4. The van der Waals surface area contributed by atoms with Gasteiger partial charge >= 0.3 is 6.09 Å². The Hall–Kier alpha value is -1.51. The van der Waals surface area contributed by atoms with Gasteiger partial charge in [-0.2, -0.15) is 9.97 Å². The van der Waals surface area contributed by atoms with E-state index < -0.39 is 5.60 Å². The third-order valence-electron chi connectivity index (χ3n) is 5.90. The Morgan fingerprint density at radius 3 is 2.39 bits per heavy atom. The lowest BCUT2D eigenvalue weighted by atomic mass is 9.84. The Labute approximate surface area is 194 Å². The quantitative estimate of drug-likeness (QED) is 0.625. The van der Waals surface area contributed by atoms with Gasteiger partial charge in [-0.1, -0.05) is 23.2 Å². The average Bonchev–Trinajstić information content (AvgIpc) is 2.69. The Morgan fingerprint density at radius 2 is 1.77 bits per heavy atom. The van der Waals surface area contributed by atoms with Gasteiger partial charge in [0.2, 0.25) is 5.95 Å². The summed E-state index contributed by atoms with van der Waals surface area (Å²) in [6.07, 6.45) is 5.22. The molecule has 1 aromatic heterocycles. The molecule has 174 valence electrons. The largest absolute Gasteiger partial charge is 0.444 e. The van der Waals surface area contributed by atoms with Crippen LogP contribution in [0.2, 0.25) is 10.2 Å². The van der Waals surface area contributed by atoms with Crippen molar-refractivity contribution in [1.29, 1.82) is 0 Å². The molecular weight excluding hydrogens is 439 g/mol. The van der Waals surface area contributed by atoms with Crippen LogP contribution in [0.4, 0.5) is 16.6 Å². The molecule has 1 saturated heterocycles. The molecule has 0 aromatic carbocycles. The number of alkyl carbamates (subject to hydrolysis) is 1. The van der Waals surface area contributed by atoms with E-state index >= 15 is 0 Å². The number of nitrogens with one attached hydrogen (secondary N) is 1. The van der Waals surface area contributed by atoms with Crippen molar-refractivity contribution in [3.63, 3.8) is 0 Å². The smallest absolute Gasteiger partial charge is 0.407 e. The second-order valence-corrected chi connectivity index (χ2v) is 10.2. The van der Waals surface area contributed by atoms with Gasteiger partial charge in [-0.3, -0.25) is 4.90 Å². The van der Waals surface area contributed by atoms with Crippen LogP contribution in [0.3, 0.4) is 0 Å². The first kappa shape index (κ1) is 24.1. The number of carbonyl (C=O) groups excluding carboxylic acids is 1. The fraction of sp³-hybridized carbons (Fsp3) is 0.762. The Bertz CT molecular complexity index is 757. The maximum atomic E-state index is 12.0. The highest BCUT2D eigenvalue weighted by molar-refractivity contribution is 6.42. The van der Waals surface area contributed by atoms with Gasteiger partial charge in [0.05, 0.1) is 0 Å². The van der Waals surface area contributed by atoms with Gasteiger partial charge in [0, 0.05) is 32.2 Å². The number of halogens is 2. The number of aromatic nitrogens is 2. The number of hydrogen-bond acceptors (Lipinski definition) is 7. The highest BCUT2D eigenvalue weighted by Crippen LogP contribution is 2.31. The average molecular weight is 473 g/mol. The SMILES string of the molecule is CC(C)(C)OC(=O)N[C@H]1CC[C@H](CCN2CCN(c3nc(N)nc(Cl)c3Cl)CC2)CC1. The molecule has 1 aliphatic carbocycles. The van der Waals surface area contributed by atoms with Crippen molar-refractivity contribution in [2.45, 2.75) is 64.5 Å². The molecule has 0 bridgehead atoms. The molecule has 1 aliphatic heterocycles. The number of anilines is 2. The molecule has 31 heavy (non-hydrogen) atoms. The minimum absolute atomic E-state index is 0.142. The standard InChI is InChI=1S/C21H34Cl2N6O2/c1-21(2,3)31-20(30)25-15-6-4-14(5-7-15)8-9-28-10-12-29(13-11-28)18-16(22)17(23)26-19(24)27-18/h14-15H,4-13H2,1-3H3,(H,25,30)(H2,24,26,27)/t14-,15-. The van der Waals surface area contributed by atoms with E-state index in [2.05, 4.69) is 25.1 Å². The van der Waals surface area contributed by atoms with E-state index in [1.165, 1.54) is 6.42 Å². The summed E-state index contributed by atoms with van der Waals surface area (Å²) in [6.45, 7) is 10.3. The van der Waals surface area contributed by atoms with Gasteiger partial charge in [-0.15, -0.1) is 0 Å². The summed E-state index contributed by atoms with van der Waals surface area (Å²) in [5.74, 6) is 1.47. The maximum absolute atomic E-state index is 12.0. The maximum Gasteiger partial charge on any atom is 0.407 e. The molecule has 2 heterocycles. The van der Waals surface area contributed by atoms with E-state index in [1.54, 1.807) is 0 Å². The van der Waals surface area contributed by atoms with E-state index in [9.17, 15) is 4.79 Å². The number of ether oxygens (including phenoxy) is 1. The molecule has 10 heteroatoms. The summed E-state index contributed by atoms with van der Waals surface area (Å²) in [7, 11) is 0. The van der Waals surface area contributed by atoms with Crippen LogP contribution in [-0.2, 0) is 4.74 Å². The van der Waals surface area contributed by atoms with Gasteiger partial charge in [0.15, 0.2) is 11.0 Å². The van der Waals surface area contributed by atoms with Crippen molar-refractivity contribution in [3.05, 3.63) is 10.2 Å². The molecular formula is C21H34Cl2N6O2. The summed E-state index contributed by atoms with van der Waals surface area (Å²) in [6, 6.07) is 0.228. The van der Waals surface area contributed by atoms with Gasteiger partial charge < -0.3 is 20.7 Å². The number of piperazine rings is 1. The highest BCUT2D eigenvalue weighted by atomic mass is 35.5. The fourth-order valence-corrected chi connectivity index (χ4v) is 4.63. The lowest BCUT2D eigenvalue weighted by Gasteiger charge is -2.37. The molecule has 1 amide bonds. The van der Waals surface area contributed by atoms with Gasteiger partial charge in [-0.25, -0.2) is 4.79 Å². The van der Waals surface area contributed by atoms with E-state index in [0.29, 0.717) is 16.8 Å². The number of amides is 1. The van der Waals surface area contributed by atoms with E-state index in [1.807, 2.05) is 20.8 Å². The van der Waals surface area contributed by atoms with Crippen LogP contribution < -0.4 is 16.0 Å². The summed E-state index contributed by atoms with van der Waals surface area (Å²) in [5, 5.41) is 3.58. The van der Waals surface area contributed by atoms with Crippen LogP contribution in [0.25, 0.3) is 0 Å². The predicted molar refractivity (Wildman–Crippen MR) is 125 cm³/mol. The molecule has 0 spiro atoms. The molecule has 0 unspecified atom stereocenters. The van der Waals surface area contributed by atoms with Crippen molar-refractivity contribution < 1.29 is 9.53 Å². The first-order valence-electron chi connectivity index (χ1n) is 11.1. The normalized spacial score (nSPS) is 22.9. The predicted octanol–water partition coefficient (Wildman–Crippen LogP) is 3.96. The third-order valence-corrected chi connectivity index (χ3v) is 6.62. The number of nitrogens with two attached hydrogens (primary N) is 1. The van der Waals surface area contributed by atoms with Crippen molar-refractivity contribution in [1.82, 2.24) is 20.2 Å². The van der Waals surface area contributed by atoms with Crippen LogP contribution in [-0.4, -0.2) is 65.3 Å². The highest BCUT2D eigenvalue weighted by Gasteiger charge is 2.26. The minimum atomic E-state index is -0.455. The molecule has 0 radical (unpaired) electrons. The van der Waals surface area contributed by atoms with E-state index in [0.717, 1.165) is 58.4 Å². The van der Waals surface area contributed by atoms with Crippen LogP contribution in [0.1, 0.15) is 52.9 Å².